The van der Waals surface area contributed by atoms with Crippen molar-refractivity contribution in [2.75, 3.05) is 11.5 Å². The van der Waals surface area contributed by atoms with E-state index in [1.54, 1.807) is 36.4 Å². The number of benzene rings is 2. The summed E-state index contributed by atoms with van der Waals surface area (Å²) in [6, 6.07) is 15.7. The zero-order chi connectivity index (χ0) is 21.1. The third kappa shape index (κ3) is 4.33. The fourth-order valence-electron chi connectivity index (χ4n) is 3.16. The first-order valence-corrected chi connectivity index (χ1v) is 12.2. The highest BCUT2D eigenvalue weighted by molar-refractivity contribution is 7.91. The van der Waals surface area contributed by atoms with Crippen molar-refractivity contribution in [1.82, 2.24) is 5.43 Å². The van der Waals surface area contributed by atoms with E-state index in [4.69, 9.17) is 5.73 Å². The lowest BCUT2D eigenvalue weighted by Crippen LogP contribution is -2.44. The predicted molar refractivity (Wildman–Crippen MR) is 108 cm³/mol. The molecular weight excluding hydrogens is 414 g/mol. The Kier molecular flexibility index (Phi) is 5.76. The van der Waals surface area contributed by atoms with Gasteiger partial charge in [-0.15, -0.1) is 0 Å². The van der Waals surface area contributed by atoms with Crippen molar-refractivity contribution in [2.45, 2.75) is 22.6 Å². The third-order valence-electron chi connectivity index (χ3n) is 5.00. The van der Waals surface area contributed by atoms with Gasteiger partial charge in [0.15, 0.2) is 19.7 Å². The highest BCUT2D eigenvalue weighted by Crippen LogP contribution is 2.33. The van der Waals surface area contributed by atoms with Gasteiger partial charge in [-0.05, 0) is 37.1 Å². The van der Waals surface area contributed by atoms with Crippen molar-refractivity contribution in [1.29, 1.82) is 0 Å². The van der Waals surface area contributed by atoms with Gasteiger partial charge < -0.3 is 5.73 Å². The lowest BCUT2D eigenvalue weighted by Gasteiger charge is -2.26. The molecule has 10 heteroatoms. The minimum atomic E-state index is -3.68. The number of carbonyl (C=O) groups is 1. The first-order valence-electron chi connectivity index (χ1n) is 8.87. The summed E-state index contributed by atoms with van der Waals surface area (Å²) in [7, 11) is -7.36. The first kappa shape index (κ1) is 21.0. The maximum atomic E-state index is 12.6. The Morgan fingerprint density at radius 3 is 1.55 bits per heavy atom. The van der Waals surface area contributed by atoms with E-state index in [1.165, 1.54) is 24.3 Å². The van der Waals surface area contributed by atoms with Gasteiger partial charge in [-0.1, -0.05) is 36.4 Å². The van der Waals surface area contributed by atoms with Gasteiger partial charge in [-0.25, -0.2) is 22.3 Å². The van der Waals surface area contributed by atoms with Crippen LogP contribution in [0.25, 0.3) is 0 Å². The Hall–Kier alpha value is -2.72. The van der Waals surface area contributed by atoms with E-state index in [0.29, 0.717) is 0 Å². The second-order valence-electron chi connectivity index (χ2n) is 6.78. The number of hydrogen-bond acceptors (Lipinski definition) is 7. The normalized spacial score (nSPS) is 16.3. The van der Waals surface area contributed by atoms with E-state index in [2.05, 4.69) is 10.5 Å². The molecule has 0 aliphatic carbocycles. The molecule has 0 saturated carbocycles. The standard InChI is InChI=1S/C19H21N3O5S2/c20-17-19(18(23)22-21-17,11-13-28(24,25)15-7-3-1-4-8-15)12-14-29(26,27)16-9-5-2-6-10-16/h1-10H,11-14H2,(H2,20,21)(H,22,23). The van der Waals surface area contributed by atoms with Crippen LogP contribution in [0.5, 0.6) is 0 Å². The van der Waals surface area contributed by atoms with Gasteiger partial charge in [-0.2, -0.15) is 5.10 Å². The number of hydrazone groups is 1. The number of carbonyl (C=O) groups excluding carboxylic acids is 1. The second-order valence-corrected chi connectivity index (χ2v) is 11.0. The minimum Gasteiger partial charge on any atom is -0.385 e. The summed E-state index contributed by atoms with van der Waals surface area (Å²) in [5.74, 6) is -1.44. The van der Waals surface area contributed by atoms with E-state index in [1.807, 2.05) is 0 Å². The number of amidine groups is 1. The topological polar surface area (TPSA) is 136 Å². The van der Waals surface area contributed by atoms with Crippen molar-refractivity contribution in [2.24, 2.45) is 16.3 Å². The molecule has 8 nitrogen and oxygen atoms in total. The Morgan fingerprint density at radius 1 is 0.793 bits per heavy atom. The molecular formula is C19H21N3O5S2. The summed E-state index contributed by atoms with van der Waals surface area (Å²) in [6.07, 6.45) is -0.342. The van der Waals surface area contributed by atoms with Crippen LogP contribution >= 0.6 is 0 Å². The lowest BCUT2D eigenvalue weighted by molar-refractivity contribution is -0.126. The van der Waals surface area contributed by atoms with Gasteiger partial charge >= 0.3 is 0 Å². The predicted octanol–water partition coefficient (Wildman–Crippen LogP) is 1.10. The molecule has 0 fully saturated rings. The van der Waals surface area contributed by atoms with Crippen LogP contribution in [-0.4, -0.2) is 40.1 Å². The molecule has 29 heavy (non-hydrogen) atoms. The molecule has 0 spiro atoms. The van der Waals surface area contributed by atoms with Crippen LogP contribution in [-0.2, 0) is 24.5 Å². The SMILES string of the molecule is NC1=NNC(=O)C1(CCS(=O)(=O)c1ccccc1)CCS(=O)(=O)c1ccccc1. The maximum absolute atomic E-state index is 12.6. The molecule has 154 valence electrons. The number of rotatable bonds is 8. The molecule has 3 rings (SSSR count). The summed E-state index contributed by atoms with van der Waals surface area (Å²) in [4.78, 5) is 12.8. The Labute approximate surface area is 169 Å². The Morgan fingerprint density at radius 2 is 1.21 bits per heavy atom. The van der Waals surface area contributed by atoms with Gasteiger partial charge in [-0.3, -0.25) is 4.79 Å². The number of nitrogens with zero attached hydrogens (tertiary/aromatic N) is 1. The second kappa shape index (κ2) is 7.96. The molecule has 3 N–H and O–H groups in total. The molecule has 1 heterocycles. The van der Waals surface area contributed by atoms with Crippen LogP contribution in [0.3, 0.4) is 0 Å². The van der Waals surface area contributed by atoms with E-state index >= 15 is 0 Å². The zero-order valence-corrected chi connectivity index (χ0v) is 17.1. The van der Waals surface area contributed by atoms with Crippen LogP contribution in [0.2, 0.25) is 0 Å². The van der Waals surface area contributed by atoms with Crippen LogP contribution in [0.1, 0.15) is 12.8 Å². The van der Waals surface area contributed by atoms with Gasteiger partial charge in [0, 0.05) is 0 Å². The molecule has 1 aliphatic heterocycles. The molecule has 0 aromatic heterocycles. The largest absolute Gasteiger partial charge is 0.385 e. The molecule has 0 saturated heterocycles. The molecule has 1 amide bonds. The van der Waals surface area contributed by atoms with Crippen molar-refractivity contribution in [3.63, 3.8) is 0 Å². The maximum Gasteiger partial charge on any atom is 0.254 e. The van der Waals surface area contributed by atoms with Crippen LogP contribution < -0.4 is 11.2 Å². The minimum absolute atomic E-state index is 0.103. The highest BCUT2D eigenvalue weighted by atomic mass is 32.2. The van der Waals surface area contributed by atoms with Crippen molar-refractivity contribution in [3.05, 3.63) is 60.7 Å². The van der Waals surface area contributed by atoms with Gasteiger partial charge in [0.2, 0.25) is 0 Å². The quantitative estimate of drug-likeness (QED) is 0.637. The highest BCUT2D eigenvalue weighted by Gasteiger charge is 2.47. The fraction of sp³-hybridized carbons (Fsp3) is 0.263. The number of nitrogens with one attached hydrogen (secondary N) is 1. The van der Waals surface area contributed by atoms with E-state index in [-0.39, 0.29) is 40.0 Å². The van der Waals surface area contributed by atoms with Crippen LogP contribution in [0.4, 0.5) is 0 Å². The van der Waals surface area contributed by atoms with Gasteiger partial charge in [0.05, 0.1) is 21.3 Å². The number of sulfone groups is 2. The molecule has 0 radical (unpaired) electrons. The third-order valence-corrected chi connectivity index (χ3v) is 8.47. The first-order chi connectivity index (χ1) is 13.7. The van der Waals surface area contributed by atoms with Crippen molar-refractivity contribution >= 4 is 31.4 Å². The van der Waals surface area contributed by atoms with Crippen LogP contribution in [0.15, 0.2) is 75.6 Å². The van der Waals surface area contributed by atoms with Crippen LogP contribution in [0, 0.1) is 5.41 Å². The summed E-state index contributed by atoms with van der Waals surface area (Å²) in [5.41, 5.74) is 6.67. The van der Waals surface area contributed by atoms with Crippen molar-refractivity contribution < 1.29 is 21.6 Å². The van der Waals surface area contributed by atoms with Crippen molar-refractivity contribution in [3.8, 4) is 0 Å². The number of nitrogens with two attached hydrogens (primary N) is 1. The van der Waals surface area contributed by atoms with E-state index in [9.17, 15) is 21.6 Å². The molecule has 2 aromatic carbocycles. The molecule has 1 aliphatic rings. The summed E-state index contributed by atoms with van der Waals surface area (Å²) in [5, 5.41) is 3.72. The monoisotopic (exact) mass is 435 g/mol. The average Bonchev–Trinajstić information content (AvgIpc) is 3.01. The summed E-state index contributed by atoms with van der Waals surface area (Å²) >= 11 is 0. The summed E-state index contributed by atoms with van der Waals surface area (Å²) in [6.45, 7) is 0. The summed E-state index contributed by atoms with van der Waals surface area (Å²) < 4.78 is 50.5. The number of hydrogen-bond donors (Lipinski definition) is 2. The molecule has 2 aromatic rings. The fourth-order valence-corrected chi connectivity index (χ4v) is 6.01. The van der Waals surface area contributed by atoms with E-state index < -0.39 is 31.0 Å². The average molecular weight is 436 g/mol. The zero-order valence-electron chi connectivity index (χ0n) is 15.5. The Bertz CT molecular complexity index is 1060. The van der Waals surface area contributed by atoms with Gasteiger partial charge in [0.1, 0.15) is 11.3 Å². The van der Waals surface area contributed by atoms with Gasteiger partial charge in [0.25, 0.3) is 5.91 Å². The molecule has 0 bridgehead atoms. The smallest absolute Gasteiger partial charge is 0.254 e. The molecule has 0 unspecified atom stereocenters. The molecule has 0 atom stereocenters. The van der Waals surface area contributed by atoms with E-state index in [0.717, 1.165) is 0 Å². The Balaban J connectivity index is 1.83. The lowest BCUT2D eigenvalue weighted by atomic mass is 9.81. The number of amides is 1.